The van der Waals surface area contributed by atoms with Crippen molar-refractivity contribution < 1.29 is 9.53 Å². The minimum absolute atomic E-state index is 0.204. The molecule has 0 aromatic carbocycles. The Morgan fingerprint density at radius 1 is 1.80 bits per heavy atom. The number of anilines is 1. The smallest absolute Gasteiger partial charge is 0.328 e. The largest absolute Gasteiger partial charge is 0.464 e. The first-order valence-electron chi connectivity index (χ1n) is 4.78. The summed E-state index contributed by atoms with van der Waals surface area (Å²) in [6.45, 7) is 2.22. The molecular weight excluding hydrogens is 260 g/mol. The number of nitrogens with zero attached hydrogens (tertiary/aromatic N) is 1. The van der Waals surface area contributed by atoms with Gasteiger partial charge in [0.2, 0.25) is 0 Å². The third-order valence-corrected chi connectivity index (χ3v) is 2.71. The van der Waals surface area contributed by atoms with Gasteiger partial charge in [-0.25, -0.2) is 9.78 Å². The normalized spacial score (nSPS) is 18.1. The molecule has 1 aliphatic heterocycles. The van der Waals surface area contributed by atoms with Gasteiger partial charge in [-0.1, -0.05) is 0 Å². The summed E-state index contributed by atoms with van der Waals surface area (Å²) in [6.07, 6.45) is 2.38. The first-order valence-corrected chi connectivity index (χ1v) is 5.57. The summed E-state index contributed by atoms with van der Waals surface area (Å²) in [6, 6.07) is 1.65. The molecule has 1 aliphatic rings. The number of esters is 1. The molecule has 2 heterocycles. The van der Waals surface area contributed by atoms with Crippen LogP contribution in [0.3, 0.4) is 0 Å². The number of carbonyl (C=O) groups excluding carboxylic acids is 1. The number of rotatable bonds is 2. The molecule has 5 heteroatoms. The molecule has 15 heavy (non-hydrogen) atoms. The first kappa shape index (κ1) is 10.4. The number of hydrogen-bond donors (Lipinski definition) is 1. The second-order valence-corrected chi connectivity index (χ2v) is 4.13. The lowest BCUT2D eigenvalue weighted by molar-refractivity contribution is -0.143. The summed E-state index contributed by atoms with van der Waals surface area (Å²) in [5.41, 5.74) is 2.01. The zero-order valence-electron chi connectivity index (χ0n) is 8.29. The van der Waals surface area contributed by atoms with Crippen molar-refractivity contribution in [1.82, 2.24) is 4.98 Å². The summed E-state index contributed by atoms with van der Waals surface area (Å²) in [7, 11) is 0. The molecule has 1 N–H and O–H groups in total. The van der Waals surface area contributed by atoms with Gasteiger partial charge < -0.3 is 10.1 Å². The number of ether oxygens (including phenoxy) is 1. The number of carbonyl (C=O) groups is 1. The maximum absolute atomic E-state index is 11.5. The van der Waals surface area contributed by atoms with Gasteiger partial charge in [0.05, 0.1) is 18.5 Å². The average Bonchev–Trinajstić information content (AvgIpc) is 2.60. The highest BCUT2D eigenvalue weighted by Gasteiger charge is 2.27. The molecule has 0 saturated carbocycles. The molecule has 0 radical (unpaired) electrons. The fraction of sp³-hybridized carbons (Fsp3) is 0.400. The van der Waals surface area contributed by atoms with Crippen molar-refractivity contribution >= 4 is 27.6 Å². The Kier molecular flexibility index (Phi) is 2.90. The molecule has 1 aromatic rings. The van der Waals surface area contributed by atoms with Crippen LogP contribution in [0.5, 0.6) is 0 Å². The zero-order valence-corrected chi connectivity index (χ0v) is 9.87. The van der Waals surface area contributed by atoms with E-state index in [1.165, 1.54) is 0 Å². The van der Waals surface area contributed by atoms with Gasteiger partial charge in [-0.3, -0.25) is 0 Å². The van der Waals surface area contributed by atoms with Crippen LogP contribution in [-0.2, 0) is 16.0 Å². The van der Waals surface area contributed by atoms with Crippen molar-refractivity contribution in [2.75, 3.05) is 11.9 Å². The minimum Gasteiger partial charge on any atom is -0.464 e. The SMILES string of the molecule is CCOC(=O)C1Cc2cc(Br)ncc2N1. The van der Waals surface area contributed by atoms with Gasteiger partial charge in [0.1, 0.15) is 10.6 Å². The van der Waals surface area contributed by atoms with Crippen molar-refractivity contribution in [2.45, 2.75) is 19.4 Å². The fourth-order valence-corrected chi connectivity index (χ4v) is 1.99. The van der Waals surface area contributed by atoms with Crippen molar-refractivity contribution in [3.05, 3.63) is 22.4 Å². The summed E-state index contributed by atoms with van der Waals surface area (Å²) in [4.78, 5) is 15.6. The molecule has 0 spiro atoms. The highest BCUT2D eigenvalue weighted by atomic mass is 79.9. The quantitative estimate of drug-likeness (QED) is 0.657. The Balaban J connectivity index is 2.12. The lowest BCUT2D eigenvalue weighted by Gasteiger charge is -2.08. The van der Waals surface area contributed by atoms with E-state index in [1.54, 1.807) is 13.1 Å². The Morgan fingerprint density at radius 3 is 3.33 bits per heavy atom. The van der Waals surface area contributed by atoms with Crippen molar-refractivity contribution in [2.24, 2.45) is 0 Å². The maximum Gasteiger partial charge on any atom is 0.328 e. The number of hydrogen-bond acceptors (Lipinski definition) is 4. The van der Waals surface area contributed by atoms with E-state index in [0.717, 1.165) is 15.9 Å². The number of aromatic nitrogens is 1. The van der Waals surface area contributed by atoms with Crippen LogP contribution in [-0.4, -0.2) is 23.6 Å². The van der Waals surface area contributed by atoms with Crippen LogP contribution >= 0.6 is 15.9 Å². The van der Waals surface area contributed by atoms with Gasteiger partial charge in [-0.2, -0.15) is 0 Å². The van der Waals surface area contributed by atoms with Gasteiger partial charge in [0.15, 0.2) is 0 Å². The van der Waals surface area contributed by atoms with E-state index >= 15 is 0 Å². The minimum atomic E-state index is -0.268. The van der Waals surface area contributed by atoms with E-state index in [-0.39, 0.29) is 12.0 Å². The first-order chi connectivity index (χ1) is 7.20. The van der Waals surface area contributed by atoms with Crippen LogP contribution in [0.4, 0.5) is 5.69 Å². The fourth-order valence-electron chi connectivity index (χ4n) is 1.61. The van der Waals surface area contributed by atoms with Crippen LogP contribution in [0.25, 0.3) is 0 Å². The third kappa shape index (κ3) is 2.12. The van der Waals surface area contributed by atoms with Crippen LogP contribution < -0.4 is 5.32 Å². The van der Waals surface area contributed by atoms with E-state index < -0.39 is 0 Å². The monoisotopic (exact) mass is 270 g/mol. The van der Waals surface area contributed by atoms with Gasteiger partial charge in [0, 0.05) is 6.42 Å². The molecule has 0 aliphatic carbocycles. The predicted octanol–water partition coefficient (Wildman–Crippen LogP) is 1.74. The summed E-state index contributed by atoms with van der Waals surface area (Å²) in [5.74, 6) is -0.204. The summed E-state index contributed by atoms with van der Waals surface area (Å²) >= 11 is 3.30. The third-order valence-electron chi connectivity index (χ3n) is 2.28. The number of nitrogens with one attached hydrogen (secondary N) is 1. The summed E-state index contributed by atoms with van der Waals surface area (Å²) in [5, 5.41) is 3.09. The lowest BCUT2D eigenvalue weighted by Crippen LogP contribution is -2.28. The second kappa shape index (κ2) is 4.18. The van der Waals surface area contributed by atoms with E-state index in [4.69, 9.17) is 4.74 Å². The van der Waals surface area contributed by atoms with Crippen LogP contribution in [0.1, 0.15) is 12.5 Å². The summed E-state index contributed by atoms with van der Waals surface area (Å²) < 4.78 is 5.74. The van der Waals surface area contributed by atoms with Gasteiger partial charge in [-0.05, 0) is 34.5 Å². The van der Waals surface area contributed by atoms with Crippen LogP contribution in [0.15, 0.2) is 16.9 Å². The van der Waals surface area contributed by atoms with E-state index in [0.29, 0.717) is 13.0 Å². The molecule has 1 aromatic heterocycles. The van der Waals surface area contributed by atoms with Gasteiger partial charge >= 0.3 is 5.97 Å². The second-order valence-electron chi connectivity index (χ2n) is 3.32. The predicted molar refractivity (Wildman–Crippen MR) is 59.7 cm³/mol. The molecule has 0 bridgehead atoms. The molecule has 80 valence electrons. The molecule has 2 rings (SSSR count). The van der Waals surface area contributed by atoms with Crippen LogP contribution in [0, 0.1) is 0 Å². The lowest BCUT2D eigenvalue weighted by atomic mass is 10.1. The Hall–Kier alpha value is -1.10. The van der Waals surface area contributed by atoms with Gasteiger partial charge in [-0.15, -0.1) is 0 Å². The molecule has 0 fully saturated rings. The topological polar surface area (TPSA) is 51.2 Å². The van der Waals surface area contributed by atoms with Crippen molar-refractivity contribution in [3.8, 4) is 0 Å². The van der Waals surface area contributed by atoms with Crippen LogP contribution in [0.2, 0.25) is 0 Å². The Morgan fingerprint density at radius 2 is 2.60 bits per heavy atom. The van der Waals surface area contributed by atoms with Crippen molar-refractivity contribution in [1.29, 1.82) is 0 Å². The molecule has 4 nitrogen and oxygen atoms in total. The van der Waals surface area contributed by atoms with Crippen molar-refractivity contribution in [3.63, 3.8) is 0 Å². The maximum atomic E-state index is 11.5. The van der Waals surface area contributed by atoms with E-state index in [2.05, 4.69) is 26.2 Å². The molecule has 0 amide bonds. The van der Waals surface area contributed by atoms with E-state index in [1.807, 2.05) is 6.07 Å². The van der Waals surface area contributed by atoms with Gasteiger partial charge in [0.25, 0.3) is 0 Å². The van der Waals surface area contributed by atoms with E-state index in [9.17, 15) is 4.79 Å². The Labute approximate surface area is 96.2 Å². The highest BCUT2D eigenvalue weighted by Crippen LogP contribution is 2.27. The average molecular weight is 271 g/mol. The molecule has 1 unspecified atom stereocenters. The highest BCUT2D eigenvalue weighted by molar-refractivity contribution is 9.10. The molecular formula is C10H11BrN2O2. The standard InChI is InChI=1S/C10H11BrN2O2/c1-2-15-10(14)7-3-6-4-9(11)12-5-8(6)13-7/h4-5,7,13H,2-3H2,1H3. The number of fused-ring (bicyclic) bond motifs is 1. The molecule has 0 saturated heterocycles. The molecule has 1 atom stereocenters. The number of halogens is 1. The zero-order chi connectivity index (χ0) is 10.8. The Bertz CT molecular complexity index is 395. The number of pyridine rings is 1.